The van der Waals surface area contributed by atoms with E-state index in [4.69, 9.17) is 10.8 Å². The molecule has 2 aromatic carbocycles. The molecular weight excluding hydrogens is 336 g/mol. The lowest BCUT2D eigenvalue weighted by atomic mass is 10.2. The number of fused-ring (bicyclic) bond motifs is 3. The molecule has 4 aromatic rings. The van der Waals surface area contributed by atoms with Crippen LogP contribution in [-0.4, -0.2) is 36.6 Å². The first kappa shape index (κ1) is 15.6. The average Bonchev–Trinajstić information content (AvgIpc) is 3.11. The summed E-state index contributed by atoms with van der Waals surface area (Å²) < 4.78 is 1.60. The van der Waals surface area contributed by atoms with Crippen molar-refractivity contribution in [3.63, 3.8) is 0 Å². The van der Waals surface area contributed by atoms with Gasteiger partial charge < -0.3 is 10.8 Å². The molecule has 4 N–H and O–H groups in total. The van der Waals surface area contributed by atoms with Crippen LogP contribution >= 0.6 is 0 Å². The van der Waals surface area contributed by atoms with Crippen LogP contribution in [0.15, 0.2) is 42.5 Å². The summed E-state index contributed by atoms with van der Waals surface area (Å²) in [6, 6.07) is 11.5. The van der Waals surface area contributed by atoms with Crippen molar-refractivity contribution in [1.29, 1.82) is 0 Å². The molecular formula is C17H14N6O3. The summed E-state index contributed by atoms with van der Waals surface area (Å²) >= 11 is 0. The second-order valence-electron chi connectivity index (χ2n) is 5.75. The molecule has 0 saturated carbocycles. The van der Waals surface area contributed by atoms with Crippen molar-refractivity contribution in [2.24, 2.45) is 0 Å². The Morgan fingerprint density at radius 1 is 1.19 bits per heavy atom. The van der Waals surface area contributed by atoms with Crippen LogP contribution in [0.5, 0.6) is 0 Å². The third kappa shape index (κ3) is 2.42. The first-order chi connectivity index (χ1) is 12.4. The number of benzene rings is 2. The van der Waals surface area contributed by atoms with Gasteiger partial charge in [0.05, 0.1) is 22.3 Å². The number of nitrogen functional groups attached to an aromatic ring is 1. The van der Waals surface area contributed by atoms with Crippen molar-refractivity contribution in [2.75, 3.05) is 10.6 Å². The van der Waals surface area contributed by atoms with Crippen LogP contribution in [0.4, 0.5) is 17.3 Å². The van der Waals surface area contributed by atoms with E-state index in [1.165, 1.54) is 24.0 Å². The van der Waals surface area contributed by atoms with Crippen molar-refractivity contribution >= 4 is 46.0 Å². The lowest BCUT2D eigenvalue weighted by molar-refractivity contribution is -0.115. The van der Waals surface area contributed by atoms with Crippen LogP contribution in [0.1, 0.15) is 17.3 Å². The largest absolute Gasteiger partial charge is 0.478 e. The number of nitrogens with one attached hydrogen (secondary N) is 1. The maximum Gasteiger partial charge on any atom is 0.335 e. The molecule has 0 aliphatic heterocycles. The van der Waals surface area contributed by atoms with Gasteiger partial charge in [0.15, 0.2) is 0 Å². The molecule has 2 heterocycles. The van der Waals surface area contributed by atoms with Crippen molar-refractivity contribution in [3.05, 3.63) is 48.0 Å². The highest BCUT2D eigenvalue weighted by atomic mass is 16.4. The quantitative estimate of drug-likeness (QED) is 0.486. The number of hydrogen-bond donors (Lipinski definition) is 3. The van der Waals surface area contributed by atoms with Gasteiger partial charge >= 0.3 is 5.97 Å². The van der Waals surface area contributed by atoms with E-state index in [0.717, 1.165) is 0 Å². The van der Waals surface area contributed by atoms with E-state index in [-0.39, 0.29) is 17.4 Å². The summed E-state index contributed by atoms with van der Waals surface area (Å²) in [7, 11) is 0. The van der Waals surface area contributed by atoms with Crippen molar-refractivity contribution < 1.29 is 14.7 Å². The molecule has 0 aliphatic rings. The zero-order valence-corrected chi connectivity index (χ0v) is 13.7. The Hall–Kier alpha value is -3.88. The number of carboxylic acid groups (broad SMARTS) is 1. The van der Waals surface area contributed by atoms with Crippen LogP contribution in [0, 0.1) is 0 Å². The summed E-state index contributed by atoms with van der Waals surface area (Å²) in [5, 5.41) is 12.1. The maximum absolute atomic E-state index is 12.2. The smallest absolute Gasteiger partial charge is 0.335 e. The summed E-state index contributed by atoms with van der Waals surface area (Å²) in [6.45, 7) is 1.42. The highest BCUT2D eigenvalue weighted by Crippen LogP contribution is 2.26. The molecule has 0 unspecified atom stereocenters. The van der Waals surface area contributed by atoms with Gasteiger partial charge in [-0.2, -0.15) is 4.98 Å². The van der Waals surface area contributed by atoms with Crippen molar-refractivity contribution in [3.8, 4) is 0 Å². The van der Waals surface area contributed by atoms with Gasteiger partial charge in [-0.1, -0.05) is 6.07 Å². The van der Waals surface area contributed by atoms with E-state index in [1.54, 1.807) is 34.8 Å². The Morgan fingerprint density at radius 2 is 2.00 bits per heavy atom. The number of aromatic carboxylic acids is 1. The first-order valence-electron chi connectivity index (χ1n) is 7.72. The van der Waals surface area contributed by atoms with Gasteiger partial charge in [0.1, 0.15) is 0 Å². The number of amides is 1. The normalized spacial score (nSPS) is 11.1. The number of carbonyl (C=O) groups is 2. The van der Waals surface area contributed by atoms with E-state index < -0.39 is 5.97 Å². The van der Waals surface area contributed by atoms with Gasteiger partial charge in [-0.3, -0.25) is 9.89 Å². The van der Waals surface area contributed by atoms with Gasteiger partial charge in [0.25, 0.3) is 5.78 Å². The highest BCUT2D eigenvalue weighted by molar-refractivity contribution is 5.98. The molecule has 0 spiro atoms. The van der Waals surface area contributed by atoms with Gasteiger partial charge in [0.2, 0.25) is 11.9 Å². The van der Waals surface area contributed by atoms with E-state index in [1.807, 2.05) is 0 Å². The fourth-order valence-electron chi connectivity index (χ4n) is 2.82. The zero-order chi connectivity index (χ0) is 18.4. The standard InChI is InChI=1S/C17H14N6O3/c1-9(24)22(12-4-2-3-11(18)8-12)17-20-16-19-13-7-10(15(25)26)5-6-14(13)23(16)21-17/h2-8H,18H2,1H3,(H,25,26)(H,19,20,21). The molecule has 0 fully saturated rings. The molecule has 0 radical (unpaired) electrons. The molecule has 0 saturated heterocycles. The molecule has 0 aliphatic carbocycles. The third-order valence-electron chi connectivity index (χ3n) is 3.96. The fourth-order valence-corrected chi connectivity index (χ4v) is 2.82. The predicted molar refractivity (Wildman–Crippen MR) is 95.5 cm³/mol. The second kappa shape index (κ2) is 5.59. The van der Waals surface area contributed by atoms with E-state index in [2.05, 4.69) is 15.1 Å². The molecule has 130 valence electrons. The molecule has 26 heavy (non-hydrogen) atoms. The van der Waals surface area contributed by atoms with Crippen LogP contribution in [-0.2, 0) is 4.79 Å². The van der Waals surface area contributed by atoms with Gasteiger partial charge in [0, 0.05) is 12.6 Å². The number of carboxylic acids is 1. The van der Waals surface area contributed by atoms with Crippen molar-refractivity contribution in [1.82, 2.24) is 19.6 Å². The molecule has 0 atom stereocenters. The lowest BCUT2D eigenvalue weighted by Gasteiger charge is -2.18. The monoisotopic (exact) mass is 350 g/mol. The van der Waals surface area contributed by atoms with Crippen LogP contribution in [0.3, 0.4) is 0 Å². The minimum atomic E-state index is -1.03. The number of carbonyl (C=O) groups excluding carboxylic acids is 1. The highest BCUT2D eigenvalue weighted by Gasteiger charge is 2.20. The minimum absolute atomic E-state index is 0.142. The van der Waals surface area contributed by atoms with E-state index in [9.17, 15) is 9.59 Å². The van der Waals surface area contributed by atoms with Crippen LogP contribution in [0.2, 0.25) is 0 Å². The Morgan fingerprint density at radius 3 is 2.69 bits per heavy atom. The first-order valence-corrected chi connectivity index (χ1v) is 7.72. The molecule has 9 heteroatoms. The molecule has 9 nitrogen and oxygen atoms in total. The number of hydrogen-bond acceptors (Lipinski definition) is 5. The molecule has 2 aromatic heterocycles. The predicted octanol–water partition coefficient (Wildman–Crippen LogP) is 2.18. The maximum atomic E-state index is 12.2. The third-order valence-corrected chi connectivity index (χ3v) is 3.96. The van der Waals surface area contributed by atoms with E-state index in [0.29, 0.717) is 28.2 Å². The Balaban J connectivity index is 1.85. The zero-order valence-electron chi connectivity index (χ0n) is 13.7. The fraction of sp³-hybridized carbons (Fsp3) is 0.0588. The topological polar surface area (TPSA) is 130 Å². The number of nitrogens with zero attached hydrogens (tertiary/aromatic N) is 4. The summed E-state index contributed by atoms with van der Waals surface area (Å²) in [5.74, 6) is -0.658. The van der Waals surface area contributed by atoms with E-state index >= 15 is 0 Å². The minimum Gasteiger partial charge on any atom is -0.478 e. The molecule has 4 rings (SSSR count). The second-order valence-corrected chi connectivity index (χ2v) is 5.75. The average molecular weight is 350 g/mol. The summed E-state index contributed by atoms with van der Waals surface area (Å²) in [4.78, 5) is 33.3. The van der Waals surface area contributed by atoms with Gasteiger partial charge in [-0.05, 0) is 36.4 Å². The van der Waals surface area contributed by atoms with Crippen LogP contribution in [0.25, 0.3) is 16.8 Å². The summed E-state index contributed by atoms with van der Waals surface area (Å²) in [5.41, 5.74) is 8.20. The van der Waals surface area contributed by atoms with Gasteiger partial charge in [-0.15, -0.1) is 0 Å². The number of anilines is 3. The molecule has 1 amide bonds. The van der Waals surface area contributed by atoms with Crippen molar-refractivity contribution in [2.45, 2.75) is 6.92 Å². The van der Waals surface area contributed by atoms with Gasteiger partial charge in [-0.25, -0.2) is 19.2 Å². The van der Waals surface area contributed by atoms with Crippen LogP contribution < -0.4 is 10.6 Å². The number of aromatic nitrogens is 4. The Labute approximate surface area is 146 Å². The number of rotatable bonds is 3. The Kier molecular flexibility index (Phi) is 3.36. The number of nitrogens with two attached hydrogens (primary N) is 1. The summed E-state index contributed by atoms with van der Waals surface area (Å²) in [6.07, 6.45) is 0. The number of H-pyrrole nitrogens is 1. The Bertz CT molecular complexity index is 1180. The SMILES string of the molecule is CC(=O)N(c1cccc(N)c1)c1nc2nc3cc(C(=O)O)ccc3n2[nH]1. The molecule has 0 bridgehead atoms. The number of aromatic amines is 1. The lowest BCUT2D eigenvalue weighted by Crippen LogP contribution is -2.24. The number of imidazole rings is 1.